The van der Waals surface area contributed by atoms with Gasteiger partial charge in [0.25, 0.3) is 0 Å². The fraction of sp³-hybridized carbons (Fsp3) is 0.550. The van der Waals surface area contributed by atoms with Crippen molar-refractivity contribution in [3.63, 3.8) is 0 Å². The molecule has 1 fully saturated rings. The van der Waals surface area contributed by atoms with Crippen molar-refractivity contribution in [1.29, 1.82) is 5.26 Å². The van der Waals surface area contributed by atoms with Crippen LogP contribution < -0.4 is 4.74 Å². The van der Waals surface area contributed by atoms with Crippen LogP contribution in [0.4, 0.5) is 0 Å². The molecule has 0 aliphatic carbocycles. The first-order valence-electron chi connectivity index (χ1n) is 9.06. The number of amides is 1. The Labute approximate surface area is 154 Å². The molecule has 1 amide bonds. The number of likely N-dealkylation sites (tertiary alicyclic amines) is 1. The van der Waals surface area contributed by atoms with Crippen molar-refractivity contribution in [2.24, 2.45) is 5.92 Å². The summed E-state index contributed by atoms with van der Waals surface area (Å²) < 4.78 is 10.7. The van der Waals surface area contributed by atoms with Gasteiger partial charge < -0.3 is 14.4 Å². The van der Waals surface area contributed by atoms with E-state index in [1.165, 1.54) is 0 Å². The third-order valence-corrected chi connectivity index (χ3v) is 4.69. The van der Waals surface area contributed by atoms with E-state index >= 15 is 0 Å². The Hall–Kier alpha value is -2.55. The minimum atomic E-state index is -0.817. The van der Waals surface area contributed by atoms with Gasteiger partial charge >= 0.3 is 5.97 Å². The molecule has 1 aliphatic heterocycles. The SMILES string of the molecule is CCCCN1C(=O)CC[C@@H](C(=O)O[C@@H](C)C#N)[C@@H]1c1ccccc1OC. The average molecular weight is 358 g/mol. The van der Waals surface area contributed by atoms with E-state index in [9.17, 15) is 9.59 Å². The second kappa shape index (κ2) is 9.23. The van der Waals surface area contributed by atoms with Crippen molar-refractivity contribution in [3.05, 3.63) is 29.8 Å². The fourth-order valence-corrected chi connectivity index (χ4v) is 3.38. The second-order valence-electron chi connectivity index (χ2n) is 6.48. The minimum Gasteiger partial charge on any atom is -0.496 e. The summed E-state index contributed by atoms with van der Waals surface area (Å²) in [6, 6.07) is 8.91. The van der Waals surface area contributed by atoms with Gasteiger partial charge in [0.15, 0.2) is 6.10 Å². The van der Waals surface area contributed by atoms with Crippen LogP contribution in [0.2, 0.25) is 0 Å². The van der Waals surface area contributed by atoms with Crippen molar-refractivity contribution in [2.75, 3.05) is 13.7 Å². The molecular formula is C20H26N2O4. The highest BCUT2D eigenvalue weighted by atomic mass is 16.5. The zero-order valence-electron chi connectivity index (χ0n) is 15.6. The predicted molar refractivity (Wildman–Crippen MR) is 96.2 cm³/mol. The fourth-order valence-electron chi connectivity index (χ4n) is 3.38. The van der Waals surface area contributed by atoms with E-state index in [0.717, 1.165) is 18.4 Å². The van der Waals surface area contributed by atoms with Gasteiger partial charge in [-0.05, 0) is 25.8 Å². The van der Waals surface area contributed by atoms with Gasteiger partial charge in [-0.2, -0.15) is 5.26 Å². The molecule has 1 aromatic carbocycles. The molecule has 6 nitrogen and oxygen atoms in total. The van der Waals surface area contributed by atoms with Crippen LogP contribution in [0.3, 0.4) is 0 Å². The minimum absolute atomic E-state index is 0.0340. The van der Waals surface area contributed by atoms with Gasteiger partial charge in [-0.15, -0.1) is 0 Å². The van der Waals surface area contributed by atoms with Gasteiger partial charge in [-0.1, -0.05) is 31.5 Å². The van der Waals surface area contributed by atoms with E-state index in [0.29, 0.717) is 25.1 Å². The summed E-state index contributed by atoms with van der Waals surface area (Å²) in [6.45, 7) is 4.18. The summed E-state index contributed by atoms with van der Waals surface area (Å²) >= 11 is 0. The van der Waals surface area contributed by atoms with Crippen LogP contribution in [0.15, 0.2) is 24.3 Å². The molecule has 0 aromatic heterocycles. The largest absolute Gasteiger partial charge is 0.496 e. The maximum absolute atomic E-state index is 12.7. The Morgan fingerprint density at radius 1 is 1.42 bits per heavy atom. The van der Waals surface area contributed by atoms with Crippen LogP contribution >= 0.6 is 0 Å². The maximum Gasteiger partial charge on any atom is 0.312 e. The van der Waals surface area contributed by atoms with Gasteiger partial charge in [0.05, 0.1) is 19.1 Å². The lowest BCUT2D eigenvalue weighted by Gasteiger charge is -2.41. The molecular weight excluding hydrogens is 332 g/mol. The summed E-state index contributed by atoms with van der Waals surface area (Å²) in [5.41, 5.74) is 0.797. The zero-order chi connectivity index (χ0) is 19.1. The molecule has 140 valence electrons. The first-order chi connectivity index (χ1) is 12.5. The topological polar surface area (TPSA) is 79.6 Å². The number of carbonyl (C=O) groups is 2. The highest BCUT2D eigenvalue weighted by Gasteiger charge is 2.42. The van der Waals surface area contributed by atoms with Gasteiger partial charge in [0.1, 0.15) is 11.8 Å². The number of hydrogen-bond acceptors (Lipinski definition) is 5. The molecule has 0 unspecified atom stereocenters. The van der Waals surface area contributed by atoms with E-state index in [4.69, 9.17) is 14.7 Å². The molecule has 0 saturated carbocycles. The van der Waals surface area contributed by atoms with Crippen molar-refractivity contribution >= 4 is 11.9 Å². The van der Waals surface area contributed by atoms with Crippen molar-refractivity contribution in [2.45, 2.75) is 51.7 Å². The molecule has 0 spiro atoms. The van der Waals surface area contributed by atoms with Crippen LogP contribution in [0.5, 0.6) is 5.75 Å². The third-order valence-electron chi connectivity index (χ3n) is 4.69. The molecule has 2 rings (SSSR count). The van der Waals surface area contributed by atoms with E-state index in [-0.39, 0.29) is 5.91 Å². The van der Waals surface area contributed by atoms with E-state index in [1.807, 2.05) is 30.3 Å². The van der Waals surface area contributed by atoms with Crippen LogP contribution in [0, 0.1) is 17.2 Å². The quantitative estimate of drug-likeness (QED) is 0.699. The molecule has 3 atom stereocenters. The summed E-state index contributed by atoms with van der Waals surface area (Å²) in [6.07, 6.45) is 1.69. The number of piperidine rings is 1. The van der Waals surface area contributed by atoms with Crippen molar-refractivity contribution in [1.82, 2.24) is 4.90 Å². The van der Waals surface area contributed by atoms with Crippen molar-refractivity contribution in [3.8, 4) is 11.8 Å². The average Bonchev–Trinajstić information content (AvgIpc) is 2.66. The molecule has 1 aliphatic rings. The number of ether oxygens (including phenoxy) is 2. The molecule has 0 bridgehead atoms. The standard InChI is InChI=1S/C20H26N2O4/c1-4-5-12-22-18(23)11-10-16(20(24)26-14(2)13-21)19(22)15-8-6-7-9-17(15)25-3/h6-9,14,16,19H,4-5,10-12H2,1-3H3/t14-,16+,19-/m0/s1. The van der Waals surface area contributed by atoms with Crippen LogP contribution in [0.1, 0.15) is 51.1 Å². The predicted octanol–water partition coefficient (Wildman–Crippen LogP) is 3.23. The Morgan fingerprint density at radius 2 is 2.15 bits per heavy atom. The zero-order valence-corrected chi connectivity index (χ0v) is 15.6. The lowest BCUT2D eigenvalue weighted by molar-refractivity contribution is -0.159. The molecule has 6 heteroatoms. The second-order valence-corrected chi connectivity index (χ2v) is 6.48. The number of carbonyl (C=O) groups excluding carboxylic acids is 2. The smallest absolute Gasteiger partial charge is 0.312 e. The number of benzene rings is 1. The molecule has 0 N–H and O–H groups in total. The highest BCUT2D eigenvalue weighted by molar-refractivity contribution is 5.82. The number of esters is 1. The number of hydrogen-bond donors (Lipinski definition) is 0. The lowest BCUT2D eigenvalue weighted by Crippen LogP contribution is -2.46. The summed E-state index contributed by atoms with van der Waals surface area (Å²) in [4.78, 5) is 27.1. The molecule has 26 heavy (non-hydrogen) atoms. The summed E-state index contributed by atoms with van der Waals surface area (Å²) in [5.74, 6) is -0.285. The van der Waals surface area contributed by atoms with E-state index in [1.54, 1.807) is 18.9 Å². The Bertz CT molecular complexity index is 683. The van der Waals surface area contributed by atoms with Gasteiger partial charge in [0.2, 0.25) is 5.91 Å². The Morgan fingerprint density at radius 3 is 2.81 bits per heavy atom. The van der Waals surface area contributed by atoms with E-state index < -0.39 is 24.0 Å². The Kier molecular flexibility index (Phi) is 7.02. The van der Waals surface area contributed by atoms with Gasteiger partial charge in [-0.3, -0.25) is 9.59 Å². The number of methoxy groups -OCH3 is 1. The van der Waals surface area contributed by atoms with Crippen LogP contribution in [-0.4, -0.2) is 36.5 Å². The third kappa shape index (κ3) is 4.34. The number of para-hydroxylation sites is 1. The summed E-state index contributed by atoms with van der Waals surface area (Å²) in [7, 11) is 1.57. The monoisotopic (exact) mass is 358 g/mol. The van der Waals surface area contributed by atoms with Crippen molar-refractivity contribution < 1.29 is 19.1 Å². The number of nitrogens with zero attached hydrogens (tertiary/aromatic N) is 2. The first kappa shape index (κ1) is 19.8. The van der Waals surface area contributed by atoms with Gasteiger partial charge in [-0.25, -0.2) is 0 Å². The normalized spacial score (nSPS) is 21.0. The van der Waals surface area contributed by atoms with Crippen LogP contribution in [0.25, 0.3) is 0 Å². The molecule has 1 heterocycles. The van der Waals surface area contributed by atoms with E-state index in [2.05, 4.69) is 6.92 Å². The number of unbranched alkanes of at least 4 members (excludes halogenated alkanes) is 1. The van der Waals surface area contributed by atoms with Crippen LogP contribution in [-0.2, 0) is 14.3 Å². The molecule has 1 saturated heterocycles. The Balaban J connectivity index is 2.43. The lowest BCUT2D eigenvalue weighted by atomic mass is 9.83. The highest BCUT2D eigenvalue weighted by Crippen LogP contribution is 2.41. The number of nitriles is 1. The summed E-state index contributed by atoms with van der Waals surface area (Å²) in [5, 5.41) is 8.95. The van der Waals surface area contributed by atoms with Gasteiger partial charge in [0, 0.05) is 18.5 Å². The molecule has 1 aromatic rings. The molecule has 0 radical (unpaired) electrons. The maximum atomic E-state index is 12.7. The number of rotatable bonds is 7. The first-order valence-corrected chi connectivity index (χ1v) is 9.06.